The minimum atomic E-state index is -0.955. The van der Waals surface area contributed by atoms with E-state index < -0.39 is 36.8 Å². The second-order valence-corrected chi connectivity index (χ2v) is 6.67. The Balaban J connectivity index is 2.55. The summed E-state index contributed by atoms with van der Waals surface area (Å²) in [6.45, 7) is 2.12. The van der Waals surface area contributed by atoms with Crippen molar-refractivity contribution in [2.45, 2.75) is 44.9 Å². The molecule has 1 aliphatic heterocycles. The predicted molar refractivity (Wildman–Crippen MR) is 102 cm³/mol. The number of nitrogens with zero attached hydrogens (tertiary/aromatic N) is 1. The number of carbonyl (C=O) groups is 4. The summed E-state index contributed by atoms with van der Waals surface area (Å²) in [4.78, 5) is 47.7. The third kappa shape index (κ3) is 9.67. The van der Waals surface area contributed by atoms with Crippen LogP contribution in [-0.2, 0) is 23.8 Å². The molecule has 4 amide bonds. The van der Waals surface area contributed by atoms with Gasteiger partial charge in [-0.3, -0.25) is 14.5 Å². The first-order valence-electron chi connectivity index (χ1n) is 9.50. The molecular formula is C18H29N3O9. The van der Waals surface area contributed by atoms with Crippen molar-refractivity contribution in [3.63, 3.8) is 0 Å². The molecular weight excluding hydrogens is 402 g/mol. The molecule has 170 valence electrons. The molecule has 30 heavy (non-hydrogen) atoms. The number of rotatable bonds is 13. The molecule has 0 saturated carbocycles. The average Bonchev–Trinajstić information content (AvgIpc) is 2.99. The zero-order valence-electron chi connectivity index (χ0n) is 17.0. The van der Waals surface area contributed by atoms with Gasteiger partial charge in [0.25, 0.3) is 11.8 Å². The van der Waals surface area contributed by atoms with E-state index in [0.29, 0.717) is 12.8 Å². The first kappa shape index (κ1) is 25.3. The minimum Gasteiger partial charge on any atom is -0.447 e. The number of carbonyl (C=O) groups excluding carboxylic acids is 4. The lowest BCUT2D eigenvalue weighted by Crippen LogP contribution is -2.41. The predicted octanol–water partition coefficient (Wildman–Crippen LogP) is -0.752. The van der Waals surface area contributed by atoms with E-state index >= 15 is 0 Å². The van der Waals surface area contributed by atoms with E-state index in [0.717, 1.165) is 17.1 Å². The second-order valence-electron chi connectivity index (χ2n) is 6.67. The van der Waals surface area contributed by atoms with Gasteiger partial charge in [-0.05, 0) is 26.7 Å². The van der Waals surface area contributed by atoms with Gasteiger partial charge in [-0.2, -0.15) is 0 Å². The van der Waals surface area contributed by atoms with E-state index in [1.54, 1.807) is 13.8 Å². The van der Waals surface area contributed by atoms with Crippen molar-refractivity contribution < 1.29 is 43.6 Å². The van der Waals surface area contributed by atoms with Crippen LogP contribution in [0.2, 0.25) is 0 Å². The lowest BCUT2D eigenvalue weighted by atomic mass is 10.2. The van der Waals surface area contributed by atoms with Gasteiger partial charge in [-0.15, -0.1) is 0 Å². The van der Waals surface area contributed by atoms with E-state index in [1.165, 1.54) is 0 Å². The van der Waals surface area contributed by atoms with Gasteiger partial charge in [0.1, 0.15) is 26.0 Å². The Morgan fingerprint density at radius 2 is 1.37 bits per heavy atom. The van der Waals surface area contributed by atoms with Crippen LogP contribution in [-0.4, -0.2) is 90.5 Å². The molecule has 1 aliphatic rings. The quantitative estimate of drug-likeness (QED) is 0.275. The normalized spacial score (nSPS) is 16.2. The number of hydrogen-bond donors (Lipinski definition) is 4. The Kier molecular flexibility index (Phi) is 11.4. The molecule has 12 nitrogen and oxygen atoms in total. The summed E-state index contributed by atoms with van der Waals surface area (Å²) >= 11 is 0. The van der Waals surface area contributed by atoms with Crippen molar-refractivity contribution in [2.75, 3.05) is 33.2 Å². The molecule has 1 rings (SSSR count). The van der Waals surface area contributed by atoms with Gasteiger partial charge in [0.05, 0.1) is 0 Å². The third-order valence-electron chi connectivity index (χ3n) is 3.99. The Morgan fingerprint density at radius 1 is 0.933 bits per heavy atom. The van der Waals surface area contributed by atoms with Crippen LogP contribution < -0.4 is 10.6 Å². The van der Waals surface area contributed by atoms with Crippen LogP contribution in [0.25, 0.3) is 0 Å². The van der Waals surface area contributed by atoms with Crippen molar-refractivity contribution in [1.29, 1.82) is 0 Å². The molecule has 0 aliphatic carbocycles. The Bertz CT molecular complexity index is 578. The third-order valence-corrected chi connectivity index (χ3v) is 3.99. The number of ether oxygens (including phenoxy) is 3. The van der Waals surface area contributed by atoms with Crippen LogP contribution in [0.5, 0.6) is 0 Å². The number of aliphatic hydroxyl groups is 2. The van der Waals surface area contributed by atoms with Gasteiger partial charge in [-0.1, -0.05) is 0 Å². The molecule has 2 atom stereocenters. The molecule has 12 heteroatoms. The number of amides is 4. The maximum atomic E-state index is 11.8. The lowest BCUT2D eigenvalue weighted by Gasteiger charge is -2.22. The maximum Gasteiger partial charge on any atom is 0.407 e. The van der Waals surface area contributed by atoms with Crippen LogP contribution >= 0.6 is 0 Å². The highest BCUT2D eigenvalue weighted by Gasteiger charge is 2.25. The van der Waals surface area contributed by atoms with E-state index in [4.69, 9.17) is 24.4 Å². The molecule has 0 bridgehead atoms. The number of hydrogen-bond acceptors (Lipinski definition) is 9. The number of imide groups is 1. The van der Waals surface area contributed by atoms with Crippen molar-refractivity contribution in [2.24, 2.45) is 0 Å². The van der Waals surface area contributed by atoms with Gasteiger partial charge in [-0.25, -0.2) is 9.59 Å². The van der Waals surface area contributed by atoms with Crippen LogP contribution in [0.3, 0.4) is 0 Å². The molecule has 0 saturated heterocycles. The lowest BCUT2D eigenvalue weighted by molar-refractivity contribution is -0.147. The monoisotopic (exact) mass is 431 g/mol. The molecule has 0 radical (unpaired) electrons. The summed E-state index contributed by atoms with van der Waals surface area (Å²) in [6, 6.07) is -0.634. The van der Waals surface area contributed by atoms with Crippen molar-refractivity contribution in [1.82, 2.24) is 15.5 Å². The Morgan fingerprint density at radius 3 is 1.77 bits per heavy atom. The van der Waals surface area contributed by atoms with Crippen LogP contribution in [0, 0.1) is 0 Å². The molecule has 0 spiro atoms. The van der Waals surface area contributed by atoms with E-state index in [1.807, 2.05) is 0 Å². The number of nitrogens with one attached hydrogen (secondary N) is 2. The SMILES string of the molecule is CC(CCO)NC(=O)OCC(COC(=O)NC(C)CCO)OCN1C(=O)C=CC1=O. The Hall–Kier alpha value is -2.70. The number of alkyl carbamates (subject to hydrolysis) is 2. The second kappa shape index (κ2) is 13.5. The van der Waals surface area contributed by atoms with Crippen LogP contribution in [0.4, 0.5) is 9.59 Å². The topological polar surface area (TPSA) is 164 Å². The van der Waals surface area contributed by atoms with Gasteiger partial charge in [0.2, 0.25) is 0 Å². The molecule has 0 aromatic heterocycles. The summed E-state index contributed by atoms with van der Waals surface area (Å²) in [5.74, 6) is -1.10. The summed E-state index contributed by atoms with van der Waals surface area (Å²) in [7, 11) is 0. The number of aliphatic hydroxyl groups excluding tert-OH is 2. The van der Waals surface area contributed by atoms with E-state index in [9.17, 15) is 19.2 Å². The average molecular weight is 431 g/mol. The highest BCUT2D eigenvalue weighted by Crippen LogP contribution is 2.06. The van der Waals surface area contributed by atoms with Crippen LogP contribution in [0.15, 0.2) is 12.2 Å². The van der Waals surface area contributed by atoms with Crippen molar-refractivity contribution in [3.05, 3.63) is 12.2 Å². The molecule has 2 unspecified atom stereocenters. The fourth-order valence-electron chi connectivity index (χ4n) is 2.24. The standard InChI is InChI=1S/C18H29N3O9/c1-12(5-7-22)19-17(26)28-9-14(10-29-18(27)20-13(2)6-8-23)30-11-21-15(24)3-4-16(21)25/h3-4,12-14,22-23H,5-11H2,1-2H3,(H,19,26)(H,20,27). The maximum absolute atomic E-state index is 11.8. The Labute approximate surface area is 174 Å². The van der Waals surface area contributed by atoms with E-state index in [2.05, 4.69) is 10.6 Å². The molecule has 1 heterocycles. The highest BCUT2D eigenvalue weighted by molar-refractivity contribution is 6.12. The molecule has 0 aromatic rings. The molecule has 0 aromatic carbocycles. The van der Waals surface area contributed by atoms with E-state index in [-0.39, 0.29) is 38.5 Å². The summed E-state index contributed by atoms with van der Waals surface area (Å²) in [5, 5.41) is 22.7. The van der Waals surface area contributed by atoms with Gasteiger partial charge in [0, 0.05) is 37.4 Å². The van der Waals surface area contributed by atoms with Gasteiger partial charge < -0.3 is 35.1 Å². The fourth-order valence-corrected chi connectivity index (χ4v) is 2.24. The summed E-state index contributed by atoms with van der Waals surface area (Å²) in [6.07, 6.45) is 0.400. The first-order valence-corrected chi connectivity index (χ1v) is 9.50. The van der Waals surface area contributed by atoms with Crippen LogP contribution in [0.1, 0.15) is 26.7 Å². The molecule has 4 N–H and O–H groups in total. The zero-order chi connectivity index (χ0) is 22.5. The van der Waals surface area contributed by atoms with Gasteiger partial charge >= 0.3 is 12.2 Å². The summed E-state index contributed by atoms with van der Waals surface area (Å²) in [5.41, 5.74) is 0. The fraction of sp³-hybridized carbons (Fsp3) is 0.667. The summed E-state index contributed by atoms with van der Waals surface area (Å²) < 4.78 is 15.5. The van der Waals surface area contributed by atoms with Crippen molar-refractivity contribution in [3.8, 4) is 0 Å². The highest BCUT2D eigenvalue weighted by atomic mass is 16.6. The smallest absolute Gasteiger partial charge is 0.407 e. The van der Waals surface area contributed by atoms with Gasteiger partial charge in [0.15, 0.2) is 0 Å². The minimum absolute atomic E-state index is 0.100. The largest absolute Gasteiger partial charge is 0.447 e. The van der Waals surface area contributed by atoms with Crippen molar-refractivity contribution >= 4 is 24.0 Å². The first-order chi connectivity index (χ1) is 14.3. The zero-order valence-corrected chi connectivity index (χ0v) is 17.0. The molecule has 0 fully saturated rings.